The second kappa shape index (κ2) is 7.61. The van der Waals surface area contributed by atoms with Gasteiger partial charge in [-0.15, -0.1) is 0 Å². The zero-order valence-corrected chi connectivity index (χ0v) is 12.6. The Balaban J connectivity index is 2.03. The minimum absolute atomic E-state index is 0.0567. The fourth-order valence-corrected chi connectivity index (χ4v) is 2.24. The van der Waals surface area contributed by atoms with Gasteiger partial charge in [0, 0.05) is 0 Å². The lowest BCUT2D eigenvalue weighted by Gasteiger charge is -2.29. The summed E-state index contributed by atoms with van der Waals surface area (Å²) in [5, 5.41) is 8.76. The maximum atomic E-state index is 10.7. The Kier molecular flexibility index (Phi) is 5.55. The molecule has 0 aromatic heterocycles. The van der Waals surface area contributed by atoms with E-state index in [2.05, 4.69) is 0 Å². The van der Waals surface area contributed by atoms with Gasteiger partial charge in [0.25, 0.3) is 0 Å². The highest BCUT2D eigenvalue weighted by Gasteiger charge is 2.29. The van der Waals surface area contributed by atoms with Crippen molar-refractivity contribution in [2.24, 2.45) is 0 Å². The molecule has 0 saturated carbocycles. The van der Waals surface area contributed by atoms with E-state index < -0.39 is 11.6 Å². The molecule has 4 heteroatoms. The summed E-state index contributed by atoms with van der Waals surface area (Å²) in [5.74, 6) is 0. The molecular weight excluding hydrogens is 280 g/mol. The number of hydrogen-bond donors (Lipinski definition) is 1. The number of rotatable bonds is 7. The topological polar surface area (TPSA) is 55.8 Å². The van der Waals surface area contributed by atoms with Gasteiger partial charge >= 0.3 is 6.16 Å². The second-order valence-electron chi connectivity index (χ2n) is 5.46. The summed E-state index contributed by atoms with van der Waals surface area (Å²) in [6, 6.07) is 19.5. The van der Waals surface area contributed by atoms with Crippen LogP contribution in [0.5, 0.6) is 0 Å². The molecule has 0 bridgehead atoms. The van der Waals surface area contributed by atoms with Crippen molar-refractivity contribution < 1.29 is 19.4 Å². The number of carboxylic acid groups (broad SMARTS) is 1. The first-order chi connectivity index (χ1) is 10.6. The normalized spacial score (nSPS) is 13.3. The van der Waals surface area contributed by atoms with E-state index in [4.69, 9.17) is 14.6 Å². The summed E-state index contributed by atoms with van der Waals surface area (Å²) in [6.45, 7) is 2.85. The maximum absolute atomic E-state index is 10.7. The van der Waals surface area contributed by atoms with Crippen LogP contribution in [0.3, 0.4) is 0 Å². The molecule has 0 heterocycles. The Morgan fingerprint density at radius 3 is 2.18 bits per heavy atom. The monoisotopic (exact) mass is 300 g/mol. The van der Waals surface area contributed by atoms with E-state index in [0.717, 1.165) is 11.1 Å². The van der Waals surface area contributed by atoms with E-state index in [1.807, 2.05) is 67.6 Å². The molecule has 0 aliphatic carbocycles. The molecule has 116 valence electrons. The zero-order valence-electron chi connectivity index (χ0n) is 12.6. The maximum Gasteiger partial charge on any atom is 0.505 e. The van der Waals surface area contributed by atoms with Gasteiger partial charge in [0.05, 0.1) is 18.6 Å². The highest BCUT2D eigenvalue weighted by molar-refractivity contribution is 5.57. The molecule has 1 N–H and O–H groups in total. The second-order valence-corrected chi connectivity index (χ2v) is 5.46. The minimum atomic E-state index is -1.27. The fourth-order valence-electron chi connectivity index (χ4n) is 2.24. The molecule has 0 radical (unpaired) electrons. The zero-order chi connectivity index (χ0) is 15.8. The Morgan fingerprint density at radius 1 is 1.00 bits per heavy atom. The van der Waals surface area contributed by atoms with E-state index in [1.54, 1.807) is 0 Å². The van der Waals surface area contributed by atoms with Crippen LogP contribution in [0.15, 0.2) is 60.7 Å². The number of benzene rings is 2. The van der Waals surface area contributed by atoms with Gasteiger partial charge in [-0.1, -0.05) is 60.7 Å². The molecule has 0 fully saturated rings. The van der Waals surface area contributed by atoms with Crippen LogP contribution < -0.4 is 0 Å². The average molecular weight is 300 g/mol. The first-order valence-corrected chi connectivity index (χ1v) is 7.13. The molecule has 1 atom stereocenters. The van der Waals surface area contributed by atoms with Crippen LogP contribution in [0.25, 0.3) is 0 Å². The van der Waals surface area contributed by atoms with Crippen molar-refractivity contribution in [3.63, 3.8) is 0 Å². The van der Waals surface area contributed by atoms with Crippen LogP contribution in [-0.4, -0.2) is 24.5 Å². The van der Waals surface area contributed by atoms with Crippen LogP contribution in [-0.2, 0) is 21.5 Å². The molecular formula is C18H20O4. The summed E-state index contributed by atoms with van der Waals surface area (Å²) in [6.07, 6.45) is -1.27. The first-order valence-electron chi connectivity index (χ1n) is 7.13. The Bertz CT molecular complexity index is 583. The van der Waals surface area contributed by atoms with Crippen molar-refractivity contribution in [1.82, 2.24) is 0 Å². The molecule has 2 rings (SSSR count). The van der Waals surface area contributed by atoms with E-state index >= 15 is 0 Å². The van der Waals surface area contributed by atoms with E-state index in [-0.39, 0.29) is 6.61 Å². The summed E-state index contributed by atoms with van der Waals surface area (Å²) in [4.78, 5) is 10.7. The van der Waals surface area contributed by atoms with Gasteiger partial charge in [-0.05, 0) is 18.1 Å². The molecule has 2 aromatic rings. The Hall–Kier alpha value is -2.33. The average Bonchev–Trinajstić information content (AvgIpc) is 2.55. The first kappa shape index (κ1) is 16.0. The lowest BCUT2D eigenvalue weighted by Crippen LogP contribution is -2.34. The Morgan fingerprint density at radius 2 is 1.59 bits per heavy atom. The third-order valence-corrected chi connectivity index (χ3v) is 3.52. The summed E-state index contributed by atoms with van der Waals surface area (Å²) in [5.41, 5.74) is 1.55. The smallest absolute Gasteiger partial charge is 0.450 e. The van der Waals surface area contributed by atoms with Crippen LogP contribution in [0.2, 0.25) is 0 Å². The molecule has 0 aliphatic heterocycles. The van der Waals surface area contributed by atoms with Crippen molar-refractivity contribution in [3.8, 4) is 0 Å². The third kappa shape index (κ3) is 4.60. The van der Waals surface area contributed by atoms with Crippen LogP contribution in [0.4, 0.5) is 4.79 Å². The number of hydrogen-bond acceptors (Lipinski definition) is 3. The molecule has 0 amide bonds. The predicted octanol–water partition coefficient (Wildman–Crippen LogP) is 3.86. The van der Waals surface area contributed by atoms with Crippen molar-refractivity contribution in [1.29, 1.82) is 0 Å². The molecule has 0 aliphatic rings. The lowest BCUT2D eigenvalue weighted by atomic mass is 9.84. The highest BCUT2D eigenvalue weighted by atomic mass is 16.7. The predicted molar refractivity (Wildman–Crippen MR) is 83.9 cm³/mol. The molecule has 4 nitrogen and oxygen atoms in total. The van der Waals surface area contributed by atoms with Crippen LogP contribution in [0.1, 0.15) is 18.1 Å². The van der Waals surface area contributed by atoms with Gasteiger partial charge in [-0.2, -0.15) is 0 Å². The molecule has 0 spiro atoms. The summed E-state index contributed by atoms with van der Waals surface area (Å²) >= 11 is 0. The van der Waals surface area contributed by atoms with E-state index in [1.165, 1.54) is 0 Å². The van der Waals surface area contributed by atoms with Crippen LogP contribution in [0, 0.1) is 0 Å². The number of carbonyl (C=O) groups is 1. The standard InChI is InChI=1S/C18H20O4/c1-18(14-22-17(19)20,16-10-6-3-7-11-16)13-21-12-15-8-4-2-5-9-15/h2-11H,12-14H2,1H3,(H,19,20). The fraction of sp³-hybridized carbons (Fsp3) is 0.278. The minimum Gasteiger partial charge on any atom is -0.450 e. The summed E-state index contributed by atoms with van der Waals surface area (Å²) in [7, 11) is 0. The number of ether oxygens (including phenoxy) is 2. The van der Waals surface area contributed by atoms with Crippen molar-refractivity contribution in [2.45, 2.75) is 18.9 Å². The van der Waals surface area contributed by atoms with Gasteiger partial charge in [-0.25, -0.2) is 4.79 Å². The van der Waals surface area contributed by atoms with Crippen molar-refractivity contribution in [3.05, 3.63) is 71.8 Å². The van der Waals surface area contributed by atoms with Crippen molar-refractivity contribution >= 4 is 6.16 Å². The van der Waals surface area contributed by atoms with E-state index in [0.29, 0.717) is 13.2 Å². The van der Waals surface area contributed by atoms with Gasteiger partial charge in [0.2, 0.25) is 0 Å². The quantitative estimate of drug-likeness (QED) is 0.789. The van der Waals surface area contributed by atoms with Crippen LogP contribution >= 0.6 is 0 Å². The molecule has 0 saturated heterocycles. The summed E-state index contributed by atoms with van der Waals surface area (Å²) < 4.78 is 10.6. The van der Waals surface area contributed by atoms with Gasteiger partial charge < -0.3 is 14.6 Å². The molecule has 1 unspecified atom stereocenters. The SMILES string of the molecule is CC(COCc1ccccc1)(COC(=O)O)c1ccccc1. The van der Waals surface area contributed by atoms with E-state index in [9.17, 15) is 4.79 Å². The van der Waals surface area contributed by atoms with Gasteiger partial charge in [0.1, 0.15) is 6.61 Å². The highest BCUT2D eigenvalue weighted by Crippen LogP contribution is 2.25. The molecule has 2 aromatic carbocycles. The van der Waals surface area contributed by atoms with Crippen molar-refractivity contribution in [2.75, 3.05) is 13.2 Å². The van der Waals surface area contributed by atoms with Gasteiger partial charge in [0.15, 0.2) is 0 Å². The lowest BCUT2D eigenvalue weighted by molar-refractivity contribution is 0.0253. The molecule has 22 heavy (non-hydrogen) atoms. The third-order valence-electron chi connectivity index (χ3n) is 3.52. The largest absolute Gasteiger partial charge is 0.505 e. The van der Waals surface area contributed by atoms with Gasteiger partial charge in [-0.3, -0.25) is 0 Å². The Labute approximate surface area is 130 Å².